The summed E-state index contributed by atoms with van der Waals surface area (Å²) in [6, 6.07) is 21.7. The van der Waals surface area contributed by atoms with Gasteiger partial charge in [-0.15, -0.1) is 11.3 Å². The van der Waals surface area contributed by atoms with E-state index in [1.807, 2.05) is 66.7 Å². The van der Waals surface area contributed by atoms with Gasteiger partial charge in [0.05, 0.1) is 4.88 Å². The first-order valence-electron chi connectivity index (χ1n) is 9.25. The highest BCUT2D eigenvalue weighted by Gasteiger charge is 2.14. The smallest absolute Gasteiger partial charge is 0.261 e. The van der Waals surface area contributed by atoms with Crippen molar-refractivity contribution in [1.29, 1.82) is 0 Å². The third kappa shape index (κ3) is 5.44. The third-order valence-corrected chi connectivity index (χ3v) is 5.28. The summed E-state index contributed by atoms with van der Waals surface area (Å²) in [7, 11) is 0. The molecule has 1 N–H and O–H groups in total. The van der Waals surface area contributed by atoms with E-state index in [9.17, 15) is 4.79 Å². The topological polar surface area (TPSA) is 38.3 Å². The fourth-order valence-corrected chi connectivity index (χ4v) is 3.90. The molecule has 3 nitrogen and oxygen atoms in total. The monoisotopic (exact) mass is 379 g/mol. The summed E-state index contributed by atoms with van der Waals surface area (Å²) in [5.41, 5.74) is 1.08. The van der Waals surface area contributed by atoms with Gasteiger partial charge in [0.1, 0.15) is 11.5 Å². The summed E-state index contributed by atoms with van der Waals surface area (Å²) < 4.78 is 5.83. The first-order valence-corrected chi connectivity index (χ1v) is 10.1. The number of carbonyl (C=O) groups is 1. The number of nitrogens with one attached hydrogen (secondary N) is 1. The molecule has 4 heteroatoms. The van der Waals surface area contributed by atoms with Crippen molar-refractivity contribution in [2.45, 2.75) is 33.2 Å². The van der Waals surface area contributed by atoms with Gasteiger partial charge >= 0.3 is 0 Å². The van der Waals surface area contributed by atoms with Crippen molar-refractivity contribution in [3.63, 3.8) is 0 Å². The second kappa shape index (κ2) is 8.87. The van der Waals surface area contributed by atoms with E-state index in [0.29, 0.717) is 5.92 Å². The highest BCUT2D eigenvalue weighted by atomic mass is 32.1. The number of carbonyl (C=O) groups excluding carboxylic acids is 1. The van der Waals surface area contributed by atoms with E-state index in [1.54, 1.807) is 0 Å². The summed E-state index contributed by atoms with van der Waals surface area (Å²) in [4.78, 5) is 14.2. The average molecular weight is 380 g/mol. The Morgan fingerprint density at radius 2 is 1.59 bits per heavy atom. The molecule has 0 aliphatic heterocycles. The van der Waals surface area contributed by atoms with Crippen LogP contribution < -0.4 is 10.1 Å². The van der Waals surface area contributed by atoms with Crippen LogP contribution in [0.25, 0.3) is 10.4 Å². The Labute approximate surface area is 165 Å². The van der Waals surface area contributed by atoms with E-state index >= 15 is 0 Å². The molecule has 0 spiro atoms. The normalized spacial score (nSPS) is 12.0. The van der Waals surface area contributed by atoms with Crippen molar-refractivity contribution < 1.29 is 9.53 Å². The van der Waals surface area contributed by atoms with Crippen LogP contribution in [0.2, 0.25) is 0 Å². The number of rotatable bonds is 7. The molecule has 0 aliphatic carbocycles. The van der Waals surface area contributed by atoms with E-state index in [4.69, 9.17) is 4.74 Å². The molecule has 0 aliphatic rings. The Morgan fingerprint density at radius 1 is 0.926 bits per heavy atom. The lowest BCUT2D eigenvalue weighted by Gasteiger charge is -2.15. The van der Waals surface area contributed by atoms with Crippen LogP contribution in [0.4, 0.5) is 0 Å². The molecule has 3 aromatic rings. The lowest BCUT2D eigenvalue weighted by Crippen LogP contribution is -2.32. The molecule has 0 saturated carbocycles. The van der Waals surface area contributed by atoms with Gasteiger partial charge in [0, 0.05) is 10.9 Å². The molecular formula is C23H25NO2S. The van der Waals surface area contributed by atoms with Gasteiger partial charge in [0.2, 0.25) is 0 Å². The second-order valence-corrected chi connectivity index (χ2v) is 8.19. The van der Waals surface area contributed by atoms with Crippen LogP contribution in [0.15, 0.2) is 66.7 Å². The van der Waals surface area contributed by atoms with Gasteiger partial charge in [-0.05, 0) is 73.4 Å². The zero-order valence-electron chi connectivity index (χ0n) is 15.9. The number of thiophene rings is 1. The molecule has 0 saturated heterocycles. The molecule has 140 valence electrons. The lowest BCUT2D eigenvalue weighted by atomic mass is 10.1. The van der Waals surface area contributed by atoms with Crippen LogP contribution in [0.1, 0.15) is 36.9 Å². The summed E-state index contributed by atoms with van der Waals surface area (Å²) in [6.07, 6.45) is 0.979. The first-order chi connectivity index (χ1) is 13.0. The van der Waals surface area contributed by atoms with Crippen molar-refractivity contribution in [2.75, 3.05) is 0 Å². The lowest BCUT2D eigenvalue weighted by molar-refractivity contribution is 0.0940. The number of benzene rings is 2. The minimum Gasteiger partial charge on any atom is -0.457 e. The van der Waals surface area contributed by atoms with Gasteiger partial charge in [-0.1, -0.05) is 32.0 Å². The zero-order chi connectivity index (χ0) is 19.2. The minimum atomic E-state index is 0.00318. The summed E-state index contributed by atoms with van der Waals surface area (Å²) in [5, 5.41) is 3.08. The number of hydrogen-bond donors (Lipinski definition) is 1. The predicted octanol–water partition coefficient (Wildman–Crippen LogP) is 6.37. The summed E-state index contributed by atoms with van der Waals surface area (Å²) >= 11 is 1.51. The van der Waals surface area contributed by atoms with Gasteiger partial charge in [-0.3, -0.25) is 4.79 Å². The highest BCUT2D eigenvalue weighted by molar-refractivity contribution is 7.17. The first kappa shape index (κ1) is 19.2. The van der Waals surface area contributed by atoms with Crippen LogP contribution >= 0.6 is 11.3 Å². The minimum absolute atomic E-state index is 0.00318. The Bertz CT molecular complexity index is 869. The fourth-order valence-electron chi connectivity index (χ4n) is 2.99. The van der Waals surface area contributed by atoms with Crippen LogP contribution in [0.5, 0.6) is 11.5 Å². The van der Waals surface area contributed by atoms with Gasteiger partial charge < -0.3 is 10.1 Å². The van der Waals surface area contributed by atoms with Gasteiger partial charge in [0.25, 0.3) is 5.91 Å². The van der Waals surface area contributed by atoms with Crippen molar-refractivity contribution in [1.82, 2.24) is 5.32 Å². The van der Waals surface area contributed by atoms with E-state index in [2.05, 4.69) is 26.1 Å². The van der Waals surface area contributed by atoms with Crippen LogP contribution in [-0.2, 0) is 0 Å². The molecule has 1 heterocycles. The SMILES string of the molecule is CC(C)C[C@H](C)NC(=O)c1ccc(-c2ccc(Oc3ccccc3)cc2)s1. The Morgan fingerprint density at radius 3 is 2.26 bits per heavy atom. The molecule has 3 rings (SSSR count). The van der Waals surface area contributed by atoms with Crippen LogP contribution in [0, 0.1) is 5.92 Å². The van der Waals surface area contributed by atoms with Crippen molar-refractivity contribution in [3.8, 4) is 21.9 Å². The largest absolute Gasteiger partial charge is 0.457 e. The third-order valence-electron chi connectivity index (χ3n) is 4.15. The number of hydrogen-bond acceptors (Lipinski definition) is 3. The van der Waals surface area contributed by atoms with Crippen LogP contribution in [-0.4, -0.2) is 11.9 Å². The molecule has 1 atom stereocenters. The van der Waals surface area contributed by atoms with E-state index in [-0.39, 0.29) is 11.9 Å². The Hall–Kier alpha value is -2.59. The molecule has 1 amide bonds. The molecule has 27 heavy (non-hydrogen) atoms. The van der Waals surface area contributed by atoms with Gasteiger partial charge in [-0.25, -0.2) is 0 Å². The fraction of sp³-hybridized carbons (Fsp3) is 0.261. The standard InChI is InChI=1S/C23H25NO2S/c1-16(2)15-17(3)24-23(25)22-14-13-21(27-22)18-9-11-20(12-10-18)26-19-7-5-4-6-8-19/h4-14,16-17H,15H2,1-3H3,(H,24,25)/t17-/m0/s1. The zero-order valence-corrected chi connectivity index (χ0v) is 16.8. The Balaban J connectivity index is 1.64. The predicted molar refractivity (Wildman–Crippen MR) is 113 cm³/mol. The summed E-state index contributed by atoms with van der Waals surface area (Å²) in [6.45, 7) is 6.38. The number of amides is 1. The summed E-state index contributed by atoms with van der Waals surface area (Å²) in [5.74, 6) is 2.18. The van der Waals surface area contributed by atoms with E-state index < -0.39 is 0 Å². The number of ether oxygens (including phenoxy) is 1. The average Bonchev–Trinajstić information content (AvgIpc) is 3.13. The molecule has 0 unspecified atom stereocenters. The molecule has 1 aromatic heterocycles. The van der Waals surface area contributed by atoms with Gasteiger partial charge in [-0.2, -0.15) is 0 Å². The quantitative estimate of drug-likeness (QED) is 0.518. The Kier molecular flexibility index (Phi) is 6.30. The van der Waals surface area contributed by atoms with Crippen molar-refractivity contribution in [3.05, 3.63) is 71.6 Å². The van der Waals surface area contributed by atoms with E-state index in [0.717, 1.165) is 33.2 Å². The maximum Gasteiger partial charge on any atom is 0.261 e. The van der Waals surface area contributed by atoms with Gasteiger partial charge in [0.15, 0.2) is 0 Å². The van der Waals surface area contributed by atoms with Crippen molar-refractivity contribution >= 4 is 17.2 Å². The molecule has 0 radical (unpaired) electrons. The second-order valence-electron chi connectivity index (χ2n) is 7.11. The van der Waals surface area contributed by atoms with Crippen LogP contribution in [0.3, 0.4) is 0 Å². The number of para-hydroxylation sites is 1. The molecule has 2 aromatic carbocycles. The molecule has 0 bridgehead atoms. The molecule has 0 fully saturated rings. The maximum atomic E-state index is 12.4. The van der Waals surface area contributed by atoms with E-state index in [1.165, 1.54) is 11.3 Å². The van der Waals surface area contributed by atoms with Crippen molar-refractivity contribution in [2.24, 2.45) is 5.92 Å². The highest BCUT2D eigenvalue weighted by Crippen LogP contribution is 2.30. The maximum absolute atomic E-state index is 12.4. The molecular weight excluding hydrogens is 354 g/mol.